The highest BCUT2D eigenvalue weighted by Gasteiger charge is 2.10. The number of para-hydroxylation sites is 2. The lowest BCUT2D eigenvalue weighted by atomic mass is 10.1. The second-order valence-corrected chi connectivity index (χ2v) is 6.81. The summed E-state index contributed by atoms with van der Waals surface area (Å²) in [5.74, 6) is 0. The molecule has 0 bridgehead atoms. The van der Waals surface area contributed by atoms with Gasteiger partial charge in [0.25, 0.3) is 11.4 Å². The average molecular weight is 470 g/mol. The first kappa shape index (κ1) is 26.2. The first-order valence-corrected chi connectivity index (χ1v) is 10.3. The lowest BCUT2D eigenvalue weighted by Crippen LogP contribution is -1.92. The highest BCUT2D eigenvalue weighted by atomic mass is 16.6. The van der Waals surface area contributed by atoms with Crippen LogP contribution in [0.4, 0.5) is 11.4 Å². The maximum absolute atomic E-state index is 10.8. The zero-order chi connectivity index (χ0) is 25.5. The number of rotatable bonds is 5. The van der Waals surface area contributed by atoms with E-state index in [1.165, 1.54) is 24.3 Å². The van der Waals surface area contributed by atoms with Crippen LogP contribution in [-0.2, 0) is 0 Å². The van der Waals surface area contributed by atoms with Crippen molar-refractivity contribution >= 4 is 29.8 Å². The molecule has 0 aliphatic carbocycles. The molecular formula is C26H22N4O5. The van der Waals surface area contributed by atoms with Crippen LogP contribution in [0.5, 0.6) is 0 Å². The number of aryl methyl sites for hydroxylation is 1. The number of nitrogens with zero attached hydrogens (tertiary/aromatic N) is 4. The van der Waals surface area contributed by atoms with Crippen LogP contribution in [0.25, 0.3) is 12.2 Å². The van der Waals surface area contributed by atoms with Gasteiger partial charge in [0.15, 0.2) is 6.29 Å². The van der Waals surface area contributed by atoms with Crippen molar-refractivity contribution in [1.29, 1.82) is 0 Å². The first-order valence-electron chi connectivity index (χ1n) is 10.3. The lowest BCUT2D eigenvalue weighted by Gasteiger charge is -1.96. The smallest absolute Gasteiger partial charge is 0.279 e. The third kappa shape index (κ3) is 9.15. The number of benzene rings is 2. The molecule has 9 heteroatoms. The van der Waals surface area contributed by atoms with Gasteiger partial charge in [0, 0.05) is 30.2 Å². The predicted molar refractivity (Wildman–Crippen MR) is 134 cm³/mol. The average Bonchev–Trinajstić information content (AvgIpc) is 2.89. The van der Waals surface area contributed by atoms with E-state index in [-0.39, 0.29) is 16.9 Å². The van der Waals surface area contributed by atoms with Crippen LogP contribution >= 0.6 is 0 Å². The number of pyridine rings is 2. The Morgan fingerprint density at radius 3 is 1.60 bits per heavy atom. The molecule has 2 heterocycles. The van der Waals surface area contributed by atoms with Gasteiger partial charge in [-0.15, -0.1) is 0 Å². The van der Waals surface area contributed by atoms with Gasteiger partial charge in [-0.25, -0.2) is 0 Å². The summed E-state index contributed by atoms with van der Waals surface area (Å²) in [4.78, 5) is 38.4. The van der Waals surface area contributed by atoms with E-state index in [1.54, 1.807) is 48.8 Å². The van der Waals surface area contributed by atoms with Crippen molar-refractivity contribution in [2.45, 2.75) is 6.92 Å². The predicted octanol–water partition coefficient (Wildman–Crippen LogP) is 5.96. The zero-order valence-electron chi connectivity index (χ0n) is 18.8. The summed E-state index contributed by atoms with van der Waals surface area (Å²) < 4.78 is 0. The van der Waals surface area contributed by atoms with Crippen molar-refractivity contribution in [3.8, 4) is 0 Å². The minimum absolute atomic E-state index is 0.0969. The Bertz CT molecular complexity index is 1280. The van der Waals surface area contributed by atoms with Gasteiger partial charge >= 0.3 is 0 Å². The SMILES string of the molecule is Cc1ccccn1.O=Cc1ccccc1[N+](=O)[O-].O=[N+]([O-])c1ccccc1/C=C/c1ccccn1. The molecule has 35 heavy (non-hydrogen) atoms. The molecule has 0 radical (unpaired) electrons. The Balaban J connectivity index is 0.000000205. The summed E-state index contributed by atoms with van der Waals surface area (Å²) in [6.45, 7) is 1.97. The number of carbonyl (C=O) groups is 1. The fourth-order valence-electron chi connectivity index (χ4n) is 2.65. The summed E-state index contributed by atoms with van der Waals surface area (Å²) in [6, 6.07) is 23.8. The lowest BCUT2D eigenvalue weighted by molar-refractivity contribution is -0.385. The van der Waals surface area contributed by atoms with Gasteiger partial charge in [0.1, 0.15) is 0 Å². The van der Waals surface area contributed by atoms with Crippen LogP contribution in [0.3, 0.4) is 0 Å². The van der Waals surface area contributed by atoms with Gasteiger partial charge in [-0.3, -0.25) is 35.0 Å². The van der Waals surface area contributed by atoms with Crippen molar-refractivity contribution in [2.75, 3.05) is 0 Å². The van der Waals surface area contributed by atoms with E-state index < -0.39 is 9.85 Å². The summed E-state index contributed by atoms with van der Waals surface area (Å²) in [6.07, 6.45) is 7.38. The van der Waals surface area contributed by atoms with E-state index >= 15 is 0 Å². The number of hydrogen-bond donors (Lipinski definition) is 0. The van der Waals surface area contributed by atoms with Crippen LogP contribution in [0.2, 0.25) is 0 Å². The standard InChI is InChI=1S/C13H10N2O2.C7H5NO3.C6H7N/c16-15(17)13-7-2-1-5-11(13)8-9-12-6-3-4-10-14-12;9-5-6-3-1-2-4-7(6)8(10)11;1-6-4-2-3-5-7-6/h1-10H;1-5H;2-5H,1H3/b9-8+;;. The van der Waals surface area contributed by atoms with E-state index in [0.717, 1.165) is 11.4 Å². The Kier molecular flexibility index (Phi) is 10.6. The van der Waals surface area contributed by atoms with Crippen LogP contribution in [0.15, 0.2) is 97.3 Å². The van der Waals surface area contributed by atoms with Crippen LogP contribution < -0.4 is 0 Å². The molecule has 0 atom stereocenters. The number of hydrogen-bond acceptors (Lipinski definition) is 7. The quantitative estimate of drug-likeness (QED) is 0.200. The number of carbonyl (C=O) groups excluding carboxylic acids is 1. The largest absolute Gasteiger partial charge is 0.298 e. The molecule has 2 aromatic carbocycles. The second kappa shape index (κ2) is 14.2. The molecule has 0 unspecified atom stereocenters. The van der Waals surface area contributed by atoms with Crippen LogP contribution in [-0.4, -0.2) is 26.1 Å². The van der Waals surface area contributed by atoms with E-state index in [9.17, 15) is 25.0 Å². The third-order valence-electron chi connectivity index (χ3n) is 4.33. The molecule has 0 aliphatic rings. The fraction of sp³-hybridized carbons (Fsp3) is 0.0385. The van der Waals surface area contributed by atoms with E-state index in [1.807, 2.05) is 43.3 Å². The summed E-state index contributed by atoms with van der Waals surface area (Å²) in [7, 11) is 0. The summed E-state index contributed by atoms with van der Waals surface area (Å²) >= 11 is 0. The van der Waals surface area contributed by atoms with Crippen molar-refractivity contribution in [1.82, 2.24) is 9.97 Å². The van der Waals surface area contributed by atoms with E-state index in [0.29, 0.717) is 11.8 Å². The van der Waals surface area contributed by atoms with E-state index in [2.05, 4.69) is 9.97 Å². The molecule has 176 valence electrons. The van der Waals surface area contributed by atoms with Crippen LogP contribution in [0.1, 0.15) is 27.3 Å². The number of nitro groups is 2. The monoisotopic (exact) mass is 470 g/mol. The van der Waals surface area contributed by atoms with Gasteiger partial charge in [-0.1, -0.05) is 36.4 Å². The molecule has 2 aromatic heterocycles. The summed E-state index contributed by atoms with van der Waals surface area (Å²) in [5, 5.41) is 21.0. The van der Waals surface area contributed by atoms with Crippen molar-refractivity contribution in [3.63, 3.8) is 0 Å². The van der Waals surface area contributed by atoms with E-state index in [4.69, 9.17) is 0 Å². The van der Waals surface area contributed by atoms with Gasteiger partial charge in [-0.05, 0) is 55.5 Å². The number of nitro benzene ring substituents is 2. The molecule has 0 fully saturated rings. The highest BCUT2D eigenvalue weighted by Crippen LogP contribution is 2.19. The van der Waals surface area contributed by atoms with Gasteiger partial charge in [-0.2, -0.15) is 0 Å². The number of aldehydes is 1. The van der Waals surface area contributed by atoms with Crippen molar-refractivity contribution in [2.24, 2.45) is 0 Å². The molecule has 0 amide bonds. The maximum atomic E-state index is 10.8. The number of aromatic nitrogens is 2. The Morgan fingerprint density at radius 2 is 1.17 bits per heavy atom. The summed E-state index contributed by atoms with van der Waals surface area (Å²) in [5.41, 5.74) is 2.47. The van der Waals surface area contributed by atoms with Crippen molar-refractivity contribution < 1.29 is 14.6 Å². The van der Waals surface area contributed by atoms with Crippen LogP contribution in [0, 0.1) is 27.2 Å². The zero-order valence-corrected chi connectivity index (χ0v) is 18.8. The van der Waals surface area contributed by atoms with Gasteiger partial charge < -0.3 is 0 Å². The molecule has 0 spiro atoms. The normalized spacial score (nSPS) is 9.74. The van der Waals surface area contributed by atoms with Gasteiger partial charge in [0.05, 0.1) is 26.7 Å². The van der Waals surface area contributed by atoms with Crippen molar-refractivity contribution in [3.05, 3.63) is 140 Å². The molecule has 0 aliphatic heterocycles. The fourth-order valence-corrected chi connectivity index (χ4v) is 2.65. The molecule has 0 N–H and O–H groups in total. The minimum Gasteiger partial charge on any atom is -0.298 e. The Labute approximate surface area is 201 Å². The second-order valence-electron chi connectivity index (χ2n) is 6.81. The maximum Gasteiger partial charge on any atom is 0.279 e. The van der Waals surface area contributed by atoms with Gasteiger partial charge in [0.2, 0.25) is 0 Å². The minimum atomic E-state index is -0.580. The third-order valence-corrected chi connectivity index (χ3v) is 4.33. The highest BCUT2D eigenvalue weighted by molar-refractivity contribution is 5.81. The molecule has 4 aromatic rings. The topological polar surface area (TPSA) is 129 Å². The Hall–Kier alpha value is -5.05. The first-order chi connectivity index (χ1) is 16.9. The molecule has 0 saturated heterocycles. The molecular weight excluding hydrogens is 448 g/mol. The molecule has 0 saturated carbocycles. The Morgan fingerprint density at radius 1 is 0.657 bits per heavy atom. The molecule has 9 nitrogen and oxygen atoms in total. The molecule has 4 rings (SSSR count).